The van der Waals surface area contributed by atoms with E-state index in [1.807, 2.05) is 6.20 Å². The maximum absolute atomic E-state index is 4.12. The van der Waals surface area contributed by atoms with Gasteiger partial charge >= 0.3 is 0 Å². The molecule has 0 aliphatic carbocycles. The molecule has 0 saturated carbocycles. The summed E-state index contributed by atoms with van der Waals surface area (Å²) in [7, 11) is 0. The van der Waals surface area contributed by atoms with Gasteiger partial charge in [0.25, 0.3) is 0 Å². The molecule has 3 nitrogen and oxygen atoms in total. The van der Waals surface area contributed by atoms with Crippen molar-refractivity contribution in [3.63, 3.8) is 0 Å². The topological polar surface area (TPSA) is 31.9 Å². The minimum atomic E-state index is 0.726. The molecule has 0 radical (unpaired) electrons. The number of nitrogens with one attached hydrogen (secondary N) is 1. The molecule has 25 heavy (non-hydrogen) atoms. The molecule has 2 heterocycles. The number of hydrogen-bond acceptors (Lipinski definition) is 2. The summed E-state index contributed by atoms with van der Waals surface area (Å²) in [5.41, 5.74) is 3.90. The number of halogens is 2. The van der Waals surface area contributed by atoms with Crippen LogP contribution in [0.5, 0.6) is 0 Å². The number of benzene rings is 2. The zero-order chi connectivity index (χ0) is 17.2. The van der Waals surface area contributed by atoms with Gasteiger partial charge < -0.3 is 0 Å². The van der Waals surface area contributed by atoms with Crippen molar-refractivity contribution in [3.05, 3.63) is 62.7 Å². The summed E-state index contributed by atoms with van der Waals surface area (Å²) in [4.78, 5) is 2.59. The molecular formula is C20H21Br2N3. The van der Waals surface area contributed by atoms with Gasteiger partial charge in [-0.15, -0.1) is 0 Å². The average molecular weight is 463 g/mol. The molecule has 2 aromatic carbocycles. The maximum Gasteiger partial charge on any atom is 0.0650 e. The van der Waals surface area contributed by atoms with Crippen molar-refractivity contribution >= 4 is 42.8 Å². The molecule has 1 saturated heterocycles. The van der Waals surface area contributed by atoms with Crippen molar-refractivity contribution in [3.8, 4) is 0 Å². The van der Waals surface area contributed by atoms with Crippen LogP contribution >= 0.6 is 31.9 Å². The molecule has 1 fully saturated rings. The summed E-state index contributed by atoms with van der Waals surface area (Å²) in [5.74, 6) is 0.726. The smallest absolute Gasteiger partial charge is 0.0650 e. The van der Waals surface area contributed by atoms with E-state index in [0.717, 1.165) is 28.9 Å². The molecule has 1 aliphatic heterocycles. The normalized spacial score (nSPS) is 18.7. The standard InChI is InChI=1S/C20H21Br2N3/c21-18-4-5-19(22)17(10-18)13-25-7-1-2-15(12-25)8-14-3-6-20-16(9-14)11-23-24-20/h3-6,9-11,15H,1-2,7-8,12-13H2,(H,23,24). The lowest BCUT2D eigenvalue weighted by Crippen LogP contribution is -2.35. The predicted octanol–water partition coefficient (Wildman–Crippen LogP) is 5.54. The van der Waals surface area contributed by atoms with Crippen LogP contribution in [0.15, 0.2) is 51.5 Å². The van der Waals surface area contributed by atoms with Gasteiger partial charge in [0, 0.05) is 27.4 Å². The van der Waals surface area contributed by atoms with E-state index in [9.17, 15) is 0 Å². The minimum absolute atomic E-state index is 0.726. The van der Waals surface area contributed by atoms with Gasteiger partial charge in [-0.05, 0) is 73.2 Å². The predicted molar refractivity (Wildman–Crippen MR) is 110 cm³/mol. The van der Waals surface area contributed by atoms with Crippen LogP contribution in [0.2, 0.25) is 0 Å². The van der Waals surface area contributed by atoms with Gasteiger partial charge in [0.15, 0.2) is 0 Å². The monoisotopic (exact) mass is 461 g/mol. The molecule has 1 aromatic heterocycles. The first-order valence-electron chi connectivity index (χ1n) is 8.76. The van der Waals surface area contributed by atoms with Crippen molar-refractivity contribution in [2.45, 2.75) is 25.8 Å². The lowest BCUT2D eigenvalue weighted by Gasteiger charge is -2.33. The molecular weight excluding hydrogens is 442 g/mol. The number of H-pyrrole nitrogens is 1. The third-order valence-electron chi connectivity index (χ3n) is 5.03. The Morgan fingerprint density at radius 1 is 1.16 bits per heavy atom. The fraction of sp³-hybridized carbons (Fsp3) is 0.350. The molecule has 0 amide bonds. The second-order valence-electron chi connectivity index (χ2n) is 6.97. The Labute approximate surface area is 165 Å². The zero-order valence-corrected chi connectivity index (χ0v) is 17.2. The van der Waals surface area contributed by atoms with Gasteiger partial charge in [-0.3, -0.25) is 10.00 Å². The average Bonchev–Trinajstić information content (AvgIpc) is 3.06. The van der Waals surface area contributed by atoms with Crippen LogP contribution in [-0.2, 0) is 13.0 Å². The molecule has 4 rings (SSSR count). The van der Waals surface area contributed by atoms with Gasteiger partial charge in [-0.1, -0.05) is 37.9 Å². The SMILES string of the molecule is Brc1ccc(Br)c(CN2CCCC(Cc3ccc4[nH]ncc4c3)C2)c1. The first-order valence-corrected chi connectivity index (χ1v) is 10.3. The summed E-state index contributed by atoms with van der Waals surface area (Å²) in [5, 5.41) is 8.36. The Hall–Kier alpha value is -1.17. The quantitative estimate of drug-likeness (QED) is 0.551. The highest BCUT2D eigenvalue weighted by atomic mass is 79.9. The van der Waals surface area contributed by atoms with Crippen LogP contribution in [0.3, 0.4) is 0 Å². The first-order chi connectivity index (χ1) is 12.2. The van der Waals surface area contributed by atoms with Crippen LogP contribution in [0.4, 0.5) is 0 Å². The van der Waals surface area contributed by atoms with Crippen molar-refractivity contribution in [2.75, 3.05) is 13.1 Å². The molecule has 0 spiro atoms. The van der Waals surface area contributed by atoms with E-state index >= 15 is 0 Å². The molecule has 5 heteroatoms. The number of likely N-dealkylation sites (tertiary alicyclic amines) is 1. The van der Waals surface area contributed by atoms with E-state index in [-0.39, 0.29) is 0 Å². The Bertz CT molecular complexity index is 874. The number of fused-ring (bicyclic) bond motifs is 1. The fourth-order valence-corrected chi connectivity index (χ4v) is 4.60. The highest BCUT2D eigenvalue weighted by molar-refractivity contribution is 9.11. The van der Waals surface area contributed by atoms with Gasteiger partial charge in [0.05, 0.1) is 11.7 Å². The van der Waals surface area contributed by atoms with Crippen molar-refractivity contribution in [2.24, 2.45) is 5.92 Å². The third kappa shape index (κ3) is 4.15. The van der Waals surface area contributed by atoms with Crippen molar-refractivity contribution in [1.82, 2.24) is 15.1 Å². The lowest BCUT2D eigenvalue weighted by atomic mass is 9.90. The lowest BCUT2D eigenvalue weighted by molar-refractivity contribution is 0.167. The van der Waals surface area contributed by atoms with Gasteiger partial charge in [-0.2, -0.15) is 5.10 Å². The van der Waals surface area contributed by atoms with Crippen molar-refractivity contribution < 1.29 is 0 Å². The summed E-state index contributed by atoms with van der Waals surface area (Å²) < 4.78 is 2.34. The second-order valence-corrected chi connectivity index (χ2v) is 8.74. The van der Waals surface area contributed by atoms with E-state index in [1.165, 1.54) is 46.9 Å². The third-order valence-corrected chi connectivity index (χ3v) is 6.30. The summed E-state index contributed by atoms with van der Waals surface area (Å²) >= 11 is 7.28. The van der Waals surface area contributed by atoms with Crippen LogP contribution in [0, 0.1) is 5.92 Å². The first kappa shape index (κ1) is 17.3. The number of piperidine rings is 1. The Morgan fingerprint density at radius 2 is 2.08 bits per heavy atom. The van der Waals surface area contributed by atoms with Crippen LogP contribution in [-0.4, -0.2) is 28.2 Å². The number of hydrogen-bond donors (Lipinski definition) is 1. The molecule has 1 unspecified atom stereocenters. The van der Waals surface area contributed by atoms with Crippen LogP contribution in [0.25, 0.3) is 10.9 Å². The van der Waals surface area contributed by atoms with E-state index in [4.69, 9.17) is 0 Å². The molecule has 130 valence electrons. The van der Waals surface area contributed by atoms with E-state index in [2.05, 4.69) is 83.4 Å². The van der Waals surface area contributed by atoms with E-state index in [1.54, 1.807) is 0 Å². The maximum atomic E-state index is 4.12. The zero-order valence-electron chi connectivity index (χ0n) is 14.0. The molecule has 1 N–H and O–H groups in total. The van der Waals surface area contributed by atoms with E-state index < -0.39 is 0 Å². The van der Waals surface area contributed by atoms with Gasteiger partial charge in [0.1, 0.15) is 0 Å². The van der Waals surface area contributed by atoms with E-state index in [0.29, 0.717) is 0 Å². The fourth-order valence-electron chi connectivity index (χ4n) is 3.82. The Kier molecular flexibility index (Phi) is 5.25. The summed E-state index contributed by atoms with van der Waals surface area (Å²) in [6.45, 7) is 3.37. The minimum Gasteiger partial charge on any atom is -0.299 e. The number of aromatic nitrogens is 2. The van der Waals surface area contributed by atoms with Crippen molar-refractivity contribution in [1.29, 1.82) is 0 Å². The highest BCUT2D eigenvalue weighted by Gasteiger charge is 2.21. The molecule has 1 aliphatic rings. The van der Waals surface area contributed by atoms with Gasteiger partial charge in [-0.25, -0.2) is 0 Å². The highest BCUT2D eigenvalue weighted by Crippen LogP contribution is 2.27. The molecule has 3 aromatic rings. The van der Waals surface area contributed by atoms with Crippen LogP contribution < -0.4 is 0 Å². The summed E-state index contributed by atoms with van der Waals surface area (Å²) in [6, 6.07) is 13.1. The van der Waals surface area contributed by atoms with Gasteiger partial charge in [0.2, 0.25) is 0 Å². The summed E-state index contributed by atoms with van der Waals surface area (Å²) in [6.07, 6.45) is 5.66. The number of nitrogens with zero attached hydrogens (tertiary/aromatic N) is 2. The Balaban J connectivity index is 1.42. The number of aromatic amines is 1. The second kappa shape index (κ2) is 7.60. The molecule has 0 bridgehead atoms. The number of rotatable bonds is 4. The Morgan fingerprint density at radius 3 is 3.00 bits per heavy atom. The largest absolute Gasteiger partial charge is 0.299 e. The molecule has 1 atom stereocenters. The van der Waals surface area contributed by atoms with Crippen LogP contribution in [0.1, 0.15) is 24.0 Å².